The minimum atomic E-state index is -0.380. The highest BCUT2D eigenvalue weighted by atomic mass is 32.1. The van der Waals surface area contributed by atoms with Crippen molar-refractivity contribution in [3.05, 3.63) is 83.5 Å². The van der Waals surface area contributed by atoms with Gasteiger partial charge in [0, 0.05) is 22.1 Å². The summed E-state index contributed by atoms with van der Waals surface area (Å²) in [6, 6.07) is 18.5. The van der Waals surface area contributed by atoms with Crippen LogP contribution in [0.2, 0.25) is 0 Å². The molecule has 1 N–H and O–H groups in total. The molecule has 1 heterocycles. The molecule has 0 atom stereocenters. The van der Waals surface area contributed by atoms with Gasteiger partial charge in [0.15, 0.2) is 23.9 Å². The van der Waals surface area contributed by atoms with Crippen LogP contribution in [0.5, 0.6) is 11.5 Å². The van der Waals surface area contributed by atoms with Crippen LogP contribution in [-0.2, 0) is 4.79 Å². The molecule has 4 rings (SSSR count). The first-order valence-corrected chi connectivity index (χ1v) is 11.3. The third-order valence-corrected chi connectivity index (χ3v) is 5.89. The number of halogens is 1. The molecular formula is C26H21FN2O4S. The maximum Gasteiger partial charge on any atom is 0.262 e. The fourth-order valence-electron chi connectivity index (χ4n) is 3.31. The maximum atomic E-state index is 14.1. The van der Waals surface area contributed by atoms with Crippen molar-refractivity contribution in [2.45, 2.75) is 6.92 Å². The Bertz CT molecular complexity index is 1350. The van der Waals surface area contributed by atoms with Crippen LogP contribution in [0.15, 0.2) is 72.1 Å². The molecule has 0 unspecified atom stereocenters. The molecule has 172 valence electrons. The van der Waals surface area contributed by atoms with E-state index in [2.05, 4.69) is 10.3 Å². The first kappa shape index (κ1) is 23.1. The van der Waals surface area contributed by atoms with Crippen molar-refractivity contribution in [3.63, 3.8) is 0 Å². The number of ketones is 1. The van der Waals surface area contributed by atoms with Crippen LogP contribution in [-0.4, -0.2) is 30.4 Å². The van der Waals surface area contributed by atoms with E-state index < -0.39 is 0 Å². The lowest BCUT2D eigenvalue weighted by atomic mass is 10.1. The van der Waals surface area contributed by atoms with Gasteiger partial charge < -0.3 is 14.8 Å². The SMILES string of the molecule is COc1cc(C(C)=O)ccc1OCC(=O)Nc1ccccc1-c1csc(-c2ccccc2F)n1. The van der Waals surface area contributed by atoms with Gasteiger partial charge in [-0.1, -0.05) is 30.3 Å². The quantitative estimate of drug-likeness (QED) is 0.323. The lowest BCUT2D eigenvalue weighted by molar-refractivity contribution is -0.118. The number of nitrogens with one attached hydrogen (secondary N) is 1. The van der Waals surface area contributed by atoms with Crippen molar-refractivity contribution in [3.8, 4) is 33.3 Å². The third-order valence-electron chi connectivity index (χ3n) is 5.01. The topological polar surface area (TPSA) is 77.5 Å². The Morgan fingerprint density at radius 1 is 1.00 bits per heavy atom. The smallest absolute Gasteiger partial charge is 0.262 e. The van der Waals surface area contributed by atoms with Gasteiger partial charge in [-0.3, -0.25) is 9.59 Å². The Morgan fingerprint density at radius 2 is 1.74 bits per heavy atom. The van der Waals surface area contributed by atoms with E-state index in [1.807, 2.05) is 17.5 Å². The maximum absolute atomic E-state index is 14.1. The molecule has 4 aromatic rings. The van der Waals surface area contributed by atoms with Crippen molar-refractivity contribution < 1.29 is 23.5 Å². The van der Waals surface area contributed by atoms with Gasteiger partial charge in [0.25, 0.3) is 5.91 Å². The molecule has 1 amide bonds. The normalized spacial score (nSPS) is 10.6. The van der Waals surface area contributed by atoms with E-state index in [-0.39, 0.29) is 24.1 Å². The van der Waals surface area contributed by atoms with Crippen LogP contribution in [0.4, 0.5) is 10.1 Å². The summed E-state index contributed by atoms with van der Waals surface area (Å²) in [5, 5.41) is 5.22. The molecule has 1 aromatic heterocycles. The van der Waals surface area contributed by atoms with Crippen molar-refractivity contribution in [1.82, 2.24) is 4.98 Å². The minimum Gasteiger partial charge on any atom is -0.493 e. The van der Waals surface area contributed by atoms with Gasteiger partial charge in [0.1, 0.15) is 10.8 Å². The van der Waals surface area contributed by atoms with Crippen LogP contribution < -0.4 is 14.8 Å². The second kappa shape index (κ2) is 10.3. The molecule has 0 saturated carbocycles. The zero-order chi connectivity index (χ0) is 24.1. The first-order chi connectivity index (χ1) is 16.5. The van der Waals surface area contributed by atoms with E-state index in [0.717, 1.165) is 0 Å². The number of amides is 1. The molecule has 0 spiro atoms. The second-order valence-corrected chi connectivity index (χ2v) is 8.18. The lowest BCUT2D eigenvalue weighted by Gasteiger charge is -2.13. The molecule has 0 bridgehead atoms. The number of Topliss-reactive ketones (excluding diaryl/α,β-unsaturated/α-hetero) is 1. The van der Waals surface area contributed by atoms with Crippen LogP contribution in [0.3, 0.4) is 0 Å². The molecule has 34 heavy (non-hydrogen) atoms. The van der Waals surface area contributed by atoms with Gasteiger partial charge in [-0.15, -0.1) is 11.3 Å². The van der Waals surface area contributed by atoms with Gasteiger partial charge in [0.2, 0.25) is 0 Å². The highest BCUT2D eigenvalue weighted by Crippen LogP contribution is 2.34. The summed E-state index contributed by atoms with van der Waals surface area (Å²) in [5.41, 5.74) is 2.80. The molecule has 0 aliphatic rings. The van der Waals surface area contributed by atoms with Crippen LogP contribution in [0.25, 0.3) is 21.8 Å². The molecule has 0 radical (unpaired) electrons. The van der Waals surface area contributed by atoms with Crippen LogP contribution >= 0.6 is 11.3 Å². The highest BCUT2D eigenvalue weighted by Gasteiger charge is 2.15. The number of rotatable bonds is 8. The number of ether oxygens (including phenoxy) is 2. The fourth-order valence-corrected chi connectivity index (χ4v) is 4.15. The Labute approximate surface area is 200 Å². The molecule has 8 heteroatoms. The fraction of sp³-hybridized carbons (Fsp3) is 0.115. The summed E-state index contributed by atoms with van der Waals surface area (Å²) >= 11 is 1.33. The van der Waals surface area contributed by atoms with E-state index in [4.69, 9.17) is 9.47 Å². The minimum absolute atomic E-state index is 0.0978. The van der Waals surface area contributed by atoms with Gasteiger partial charge in [-0.25, -0.2) is 9.37 Å². The molecular weight excluding hydrogens is 455 g/mol. The molecule has 3 aromatic carbocycles. The molecule has 0 saturated heterocycles. The van der Waals surface area contributed by atoms with E-state index in [9.17, 15) is 14.0 Å². The lowest BCUT2D eigenvalue weighted by Crippen LogP contribution is -2.20. The number of carbonyl (C=O) groups excluding carboxylic acids is 2. The molecule has 0 aliphatic carbocycles. The summed E-state index contributed by atoms with van der Waals surface area (Å²) < 4.78 is 25.0. The summed E-state index contributed by atoms with van der Waals surface area (Å²) in [6.07, 6.45) is 0. The van der Waals surface area contributed by atoms with Crippen molar-refractivity contribution in [2.24, 2.45) is 0 Å². The zero-order valence-electron chi connectivity index (χ0n) is 18.5. The van der Waals surface area contributed by atoms with Gasteiger partial charge in [-0.05, 0) is 43.3 Å². The number of nitrogens with zero attached hydrogens (tertiary/aromatic N) is 1. The van der Waals surface area contributed by atoms with E-state index in [1.165, 1.54) is 31.4 Å². The Kier molecular flexibility index (Phi) is 6.98. The third kappa shape index (κ3) is 5.13. The van der Waals surface area contributed by atoms with Crippen molar-refractivity contribution in [1.29, 1.82) is 0 Å². The molecule has 6 nitrogen and oxygen atoms in total. The summed E-state index contributed by atoms with van der Waals surface area (Å²) in [6.45, 7) is 1.20. The first-order valence-electron chi connectivity index (χ1n) is 10.4. The number of methoxy groups -OCH3 is 1. The number of hydrogen-bond donors (Lipinski definition) is 1. The largest absolute Gasteiger partial charge is 0.493 e. The monoisotopic (exact) mass is 476 g/mol. The van der Waals surface area contributed by atoms with Gasteiger partial charge in [-0.2, -0.15) is 0 Å². The number of carbonyl (C=O) groups is 2. The number of benzene rings is 3. The summed E-state index contributed by atoms with van der Waals surface area (Å²) in [4.78, 5) is 28.7. The van der Waals surface area contributed by atoms with E-state index in [1.54, 1.807) is 48.5 Å². The summed E-state index contributed by atoms with van der Waals surface area (Å²) in [7, 11) is 1.46. The van der Waals surface area contributed by atoms with Gasteiger partial charge in [0.05, 0.1) is 18.5 Å². The second-order valence-electron chi connectivity index (χ2n) is 7.32. The Balaban J connectivity index is 1.49. The molecule has 0 aliphatic heterocycles. The number of anilines is 1. The number of para-hydroxylation sites is 1. The average molecular weight is 477 g/mol. The zero-order valence-corrected chi connectivity index (χ0v) is 19.3. The predicted molar refractivity (Wildman–Crippen MR) is 130 cm³/mol. The van der Waals surface area contributed by atoms with Crippen molar-refractivity contribution >= 4 is 28.7 Å². The van der Waals surface area contributed by atoms with E-state index >= 15 is 0 Å². The number of aromatic nitrogens is 1. The summed E-state index contributed by atoms with van der Waals surface area (Å²) in [5.74, 6) is -0.1000. The predicted octanol–water partition coefficient (Wildman–Crippen LogP) is 5.84. The molecule has 0 fully saturated rings. The standard InChI is InChI=1S/C26H21FN2O4S/c1-16(30)17-11-12-23(24(13-17)32-2)33-14-25(31)28-21-10-6-4-8-19(21)22-15-34-26(29-22)18-7-3-5-9-20(18)27/h3-13,15H,14H2,1-2H3,(H,28,31). The van der Waals surface area contributed by atoms with E-state index in [0.29, 0.717) is 44.6 Å². The van der Waals surface area contributed by atoms with Gasteiger partial charge >= 0.3 is 0 Å². The van der Waals surface area contributed by atoms with Crippen LogP contribution in [0.1, 0.15) is 17.3 Å². The Hall–Kier alpha value is -4.04. The van der Waals surface area contributed by atoms with Crippen LogP contribution in [0, 0.1) is 5.82 Å². The number of thiazole rings is 1. The average Bonchev–Trinajstić information content (AvgIpc) is 3.33. The van der Waals surface area contributed by atoms with Crippen molar-refractivity contribution in [2.75, 3.05) is 19.0 Å². The number of hydrogen-bond acceptors (Lipinski definition) is 6. The highest BCUT2D eigenvalue weighted by molar-refractivity contribution is 7.13. The Morgan fingerprint density at radius 3 is 2.47 bits per heavy atom.